The first-order valence-electron chi connectivity index (χ1n) is 12.8. The fourth-order valence-corrected chi connectivity index (χ4v) is 5.15. The summed E-state index contributed by atoms with van der Waals surface area (Å²) in [5.41, 5.74) is 3.52. The van der Waals surface area contributed by atoms with E-state index in [-0.39, 0.29) is 41.7 Å². The number of thioether (sulfide) groups is 1. The summed E-state index contributed by atoms with van der Waals surface area (Å²) in [6.07, 6.45) is 1.62. The minimum atomic E-state index is -0.390. The van der Waals surface area contributed by atoms with Gasteiger partial charge in [0.15, 0.2) is 6.61 Å². The van der Waals surface area contributed by atoms with Crippen molar-refractivity contribution in [2.45, 2.75) is 13.8 Å². The van der Waals surface area contributed by atoms with E-state index >= 15 is 0 Å². The number of amides is 3. The molecule has 0 aliphatic carbocycles. The number of hydrogen-bond acceptors (Lipinski definition) is 6. The quantitative estimate of drug-likeness (QED) is 0.236. The summed E-state index contributed by atoms with van der Waals surface area (Å²) in [5, 5.41) is 4.50. The summed E-state index contributed by atoms with van der Waals surface area (Å²) in [6, 6.07) is 26.4. The van der Waals surface area contributed by atoms with Crippen LogP contribution in [0.5, 0.6) is 11.5 Å². The first-order chi connectivity index (χ1) is 19.4. The van der Waals surface area contributed by atoms with E-state index in [1.165, 1.54) is 4.90 Å². The van der Waals surface area contributed by atoms with Gasteiger partial charge in [-0.05, 0) is 72.5 Å². The van der Waals surface area contributed by atoms with Gasteiger partial charge in [0.25, 0.3) is 17.1 Å². The highest BCUT2D eigenvalue weighted by Crippen LogP contribution is 2.34. The second kappa shape index (κ2) is 12.1. The molecule has 0 spiro atoms. The van der Waals surface area contributed by atoms with Crippen molar-refractivity contribution in [2.24, 2.45) is 0 Å². The zero-order chi connectivity index (χ0) is 28.1. The summed E-state index contributed by atoms with van der Waals surface area (Å²) >= 11 is 0.871. The number of carbonyl (C=O) groups excluding carboxylic acids is 3. The van der Waals surface area contributed by atoms with Crippen molar-refractivity contribution in [1.82, 2.24) is 4.90 Å². The number of para-hydroxylation sites is 1. The topological polar surface area (TPSA) is 84.9 Å². The van der Waals surface area contributed by atoms with Crippen LogP contribution >= 0.6 is 11.8 Å². The highest BCUT2D eigenvalue weighted by atomic mass is 32.2. The van der Waals surface area contributed by atoms with E-state index in [2.05, 4.69) is 5.32 Å². The van der Waals surface area contributed by atoms with Crippen molar-refractivity contribution in [3.63, 3.8) is 0 Å². The molecule has 1 aliphatic heterocycles. The molecule has 0 atom stereocenters. The lowest BCUT2D eigenvalue weighted by atomic mass is 10.1. The van der Waals surface area contributed by atoms with Crippen molar-refractivity contribution in [3.8, 4) is 11.5 Å². The Kier molecular flexibility index (Phi) is 8.17. The van der Waals surface area contributed by atoms with Crippen molar-refractivity contribution >= 4 is 51.4 Å². The molecule has 8 heteroatoms. The van der Waals surface area contributed by atoms with Crippen molar-refractivity contribution in [3.05, 3.63) is 107 Å². The van der Waals surface area contributed by atoms with Gasteiger partial charge in [-0.2, -0.15) is 0 Å². The van der Waals surface area contributed by atoms with Gasteiger partial charge in [0.2, 0.25) is 0 Å². The molecule has 0 radical (unpaired) electrons. The number of anilines is 1. The maximum atomic E-state index is 13.1. The Balaban J connectivity index is 1.21. The number of ether oxygens (including phenoxy) is 2. The average molecular weight is 553 g/mol. The van der Waals surface area contributed by atoms with E-state index in [1.54, 1.807) is 30.3 Å². The van der Waals surface area contributed by atoms with Gasteiger partial charge < -0.3 is 14.8 Å². The van der Waals surface area contributed by atoms with Gasteiger partial charge in [0, 0.05) is 16.6 Å². The smallest absolute Gasteiger partial charge is 0.293 e. The monoisotopic (exact) mass is 552 g/mol. The molecule has 4 aromatic carbocycles. The lowest BCUT2D eigenvalue weighted by Gasteiger charge is -2.14. The number of carbonyl (C=O) groups is 3. The standard InChI is InChI=1S/C32H28N2O5S/c1-21-14-15-25(18-22(21)2)33-30(35)20-39-27-12-6-4-9-24(27)19-29-31(36)34(32(37)40-29)16-17-38-28-13-7-10-23-8-3-5-11-26(23)28/h3-15,18-19H,16-17,20H2,1-2H3,(H,33,35)/b29-19-. The van der Waals surface area contributed by atoms with Gasteiger partial charge >= 0.3 is 0 Å². The fraction of sp³-hybridized carbons (Fsp3) is 0.156. The molecule has 1 saturated heterocycles. The minimum Gasteiger partial charge on any atom is -0.491 e. The van der Waals surface area contributed by atoms with Gasteiger partial charge in [0.05, 0.1) is 11.4 Å². The van der Waals surface area contributed by atoms with Crippen LogP contribution in [0.4, 0.5) is 10.5 Å². The Morgan fingerprint density at radius 3 is 2.48 bits per heavy atom. The largest absolute Gasteiger partial charge is 0.491 e. The van der Waals surface area contributed by atoms with E-state index in [9.17, 15) is 14.4 Å². The third kappa shape index (κ3) is 6.18. The highest BCUT2D eigenvalue weighted by molar-refractivity contribution is 8.18. The Morgan fingerprint density at radius 2 is 1.62 bits per heavy atom. The van der Waals surface area contributed by atoms with Crippen molar-refractivity contribution < 1.29 is 23.9 Å². The van der Waals surface area contributed by atoms with Gasteiger partial charge in [-0.25, -0.2) is 0 Å². The molecule has 5 rings (SSSR count). The molecular formula is C32H28N2O5S. The summed E-state index contributed by atoms with van der Waals surface area (Å²) in [5.74, 6) is 0.445. The van der Waals surface area contributed by atoms with Gasteiger partial charge in [-0.1, -0.05) is 60.7 Å². The molecule has 0 bridgehead atoms. The molecule has 202 valence electrons. The predicted octanol–water partition coefficient (Wildman–Crippen LogP) is 6.59. The van der Waals surface area contributed by atoms with Gasteiger partial charge in [-0.3, -0.25) is 19.3 Å². The number of hydrogen-bond donors (Lipinski definition) is 1. The molecule has 1 fully saturated rings. The van der Waals surface area contributed by atoms with E-state index in [0.29, 0.717) is 22.7 Å². The molecule has 1 aliphatic rings. The summed E-state index contributed by atoms with van der Waals surface area (Å²) < 4.78 is 11.7. The SMILES string of the molecule is Cc1ccc(NC(=O)COc2ccccc2/C=C2\SC(=O)N(CCOc3cccc4ccccc34)C2=O)cc1C. The molecule has 4 aromatic rings. The third-order valence-electron chi connectivity index (χ3n) is 6.55. The first kappa shape index (κ1) is 27.0. The zero-order valence-corrected chi connectivity index (χ0v) is 23.0. The number of nitrogens with zero attached hydrogens (tertiary/aromatic N) is 1. The van der Waals surface area contributed by atoms with E-state index in [4.69, 9.17) is 9.47 Å². The number of nitrogens with one attached hydrogen (secondary N) is 1. The fourth-order valence-electron chi connectivity index (χ4n) is 4.29. The van der Waals surface area contributed by atoms with Crippen LogP contribution in [0.1, 0.15) is 16.7 Å². The Bertz CT molecular complexity index is 1630. The Labute approximate surface area is 236 Å². The number of benzene rings is 4. The maximum Gasteiger partial charge on any atom is 0.293 e. The highest BCUT2D eigenvalue weighted by Gasteiger charge is 2.35. The molecule has 0 aromatic heterocycles. The summed E-state index contributed by atoms with van der Waals surface area (Å²) in [7, 11) is 0. The van der Waals surface area contributed by atoms with Crippen LogP contribution in [0.2, 0.25) is 0 Å². The number of rotatable bonds is 9. The molecule has 7 nitrogen and oxygen atoms in total. The molecule has 0 unspecified atom stereocenters. The second-order valence-electron chi connectivity index (χ2n) is 9.33. The summed E-state index contributed by atoms with van der Waals surface area (Å²) in [6.45, 7) is 4.09. The van der Waals surface area contributed by atoms with E-state index in [1.807, 2.05) is 74.5 Å². The first-order valence-corrected chi connectivity index (χ1v) is 13.7. The van der Waals surface area contributed by atoms with Crippen LogP contribution in [-0.2, 0) is 9.59 Å². The summed E-state index contributed by atoms with van der Waals surface area (Å²) in [4.78, 5) is 39.7. The Morgan fingerprint density at radius 1 is 0.875 bits per heavy atom. The molecule has 3 amide bonds. The van der Waals surface area contributed by atoms with Crippen LogP contribution in [-0.4, -0.2) is 41.7 Å². The van der Waals surface area contributed by atoms with Crippen LogP contribution in [0.15, 0.2) is 89.8 Å². The number of aryl methyl sites for hydroxylation is 2. The third-order valence-corrected chi connectivity index (χ3v) is 7.46. The predicted molar refractivity (Wildman–Crippen MR) is 159 cm³/mol. The molecule has 40 heavy (non-hydrogen) atoms. The zero-order valence-electron chi connectivity index (χ0n) is 22.2. The van der Waals surface area contributed by atoms with Crippen molar-refractivity contribution in [1.29, 1.82) is 0 Å². The normalized spacial score (nSPS) is 14.2. The lowest BCUT2D eigenvalue weighted by molar-refractivity contribution is -0.123. The van der Waals surface area contributed by atoms with E-state index < -0.39 is 0 Å². The Hall–Kier alpha value is -4.56. The lowest BCUT2D eigenvalue weighted by Crippen LogP contribution is -2.32. The number of fused-ring (bicyclic) bond motifs is 1. The van der Waals surface area contributed by atoms with Crippen LogP contribution in [0, 0.1) is 13.8 Å². The maximum absolute atomic E-state index is 13.1. The van der Waals surface area contributed by atoms with Crippen LogP contribution < -0.4 is 14.8 Å². The molecule has 1 heterocycles. The number of imide groups is 1. The minimum absolute atomic E-state index is 0.127. The van der Waals surface area contributed by atoms with E-state index in [0.717, 1.165) is 33.7 Å². The second-order valence-corrected chi connectivity index (χ2v) is 10.3. The van der Waals surface area contributed by atoms with Crippen LogP contribution in [0.3, 0.4) is 0 Å². The van der Waals surface area contributed by atoms with Gasteiger partial charge in [-0.15, -0.1) is 0 Å². The molecule has 1 N–H and O–H groups in total. The van der Waals surface area contributed by atoms with Crippen molar-refractivity contribution in [2.75, 3.05) is 25.1 Å². The van der Waals surface area contributed by atoms with Crippen LogP contribution in [0.25, 0.3) is 16.8 Å². The average Bonchev–Trinajstić information content (AvgIpc) is 3.22. The molecule has 0 saturated carbocycles. The van der Waals surface area contributed by atoms with Gasteiger partial charge in [0.1, 0.15) is 18.1 Å². The molecular weight excluding hydrogens is 524 g/mol.